The number of nitrogens with one attached hydrogen (secondary N) is 2. The van der Waals surface area contributed by atoms with Gasteiger partial charge in [-0.25, -0.2) is 4.98 Å². The third-order valence-corrected chi connectivity index (χ3v) is 7.23. The highest BCUT2D eigenvalue weighted by Crippen LogP contribution is 2.38. The van der Waals surface area contributed by atoms with Gasteiger partial charge in [0.05, 0.1) is 6.04 Å². The van der Waals surface area contributed by atoms with Gasteiger partial charge in [0.1, 0.15) is 5.01 Å². The van der Waals surface area contributed by atoms with Gasteiger partial charge in [0.15, 0.2) is 0 Å². The maximum absolute atomic E-state index is 12.5. The summed E-state index contributed by atoms with van der Waals surface area (Å²) in [6.45, 7) is 0.818. The van der Waals surface area contributed by atoms with E-state index in [0.29, 0.717) is 17.8 Å². The molecule has 1 aromatic heterocycles. The van der Waals surface area contributed by atoms with Crippen LogP contribution in [0.15, 0.2) is 11.6 Å². The molecule has 0 bridgehead atoms. The van der Waals surface area contributed by atoms with Gasteiger partial charge in [0, 0.05) is 30.0 Å². The van der Waals surface area contributed by atoms with Gasteiger partial charge in [0.2, 0.25) is 11.8 Å². The van der Waals surface area contributed by atoms with Crippen LogP contribution in [-0.4, -0.2) is 23.3 Å². The molecule has 0 saturated heterocycles. The summed E-state index contributed by atoms with van der Waals surface area (Å²) in [5.74, 6) is 2.01. The molecule has 2 amide bonds. The SMILES string of the molecule is O=C(NCC1CCC(C(NC(=O)C2CCC2)c2nccs2)CC1)C1CC1. The summed E-state index contributed by atoms with van der Waals surface area (Å²) >= 11 is 1.65. The smallest absolute Gasteiger partial charge is 0.223 e. The normalized spacial score (nSPS) is 27.4. The molecule has 0 aromatic carbocycles. The number of aromatic nitrogens is 1. The molecule has 0 aliphatic heterocycles. The lowest BCUT2D eigenvalue weighted by molar-refractivity contribution is -0.128. The fraction of sp³-hybridized carbons (Fsp3) is 0.750. The molecule has 3 saturated carbocycles. The van der Waals surface area contributed by atoms with Gasteiger partial charge in [-0.1, -0.05) is 6.42 Å². The summed E-state index contributed by atoms with van der Waals surface area (Å²) in [6, 6.07) is 0.0603. The van der Waals surface area contributed by atoms with Crippen molar-refractivity contribution in [3.8, 4) is 0 Å². The average molecular weight is 376 g/mol. The Hall–Kier alpha value is -1.43. The number of rotatable bonds is 7. The molecular weight excluding hydrogens is 346 g/mol. The molecular formula is C20H29N3O2S. The van der Waals surface area contributed by atoms with Crippen LogP contribution in [0.2, 0.25) is 0 Å². The summed E-state index contributed by atoms with van der Waals surface area (Å²) in [6.07, 6.45) is 11.6. The molecule has 142 valence electrons. The van der Waals surface area contributed by atoms with Crippen molar-refractivity contribution in [3.63, 3.8) is 0 Å². The summed E-state index contributed by atoms with van der Waals surface area (Å²) in [7, 11) is 0. The highest BCUT2D eigenvalue weighted by molar-refractivity contribution is 7.09. The number of nitrogens with zero attached hydrogens (tertiary/aromatic N) is 1. The van der Waals surface area contributed by atoms with Crippen LogP contribution in [0.25, 0.3) is 0 Å². The van der Waals surface area contributed by atoms with E-state index in [0.717, 1.165) is 62.9 Å². The molecule has 6 heteroatoms. The third-order valence-electron chi connectivity index (χ3n) is 6.37. The van der Waals surface area contributed by atoms with Crippen molar-refractivity contribution in [1.82, 2.24) is 15.6 Å². The second kappa shape index (κ2) is 8.07. The van der Waals surface area contributed by atoms with E-state index in [1.165, 1.54) is 6.42 Å². The Labute approximate surface area is 159 Å². The zero-order valence-electron chi connectivity index (χ0n) is 15.3. The lowest BCUT2D eigenvalue weighted by Gasteiger charge is -2.35. The lowest BCUT2D eigenvalue weighted by Crippen LogP contribution is -2.41. The Morgan fingerprint density at radius 2 is 1.77 bits per heavy atom. The van der Waals surface area contributed by atoms with Gasteiger partial charge in [-0.05, 0) is 63.2 Å². The topological polar surface area (TPSA) is 71.1 Å². The van der Waals surface area contributed by atoms with Gasteiger partial charge in [-0.3, -0.25) is 9.59 Å². The fourth-order valence-electron chi connectivity index (χ4n) is 4.17. The predicted octanol–water partition coefficient (Wildman–Crippen LogP) is 3.43. The van der Waals surface area contributed by atoms with E-state index in [-0.39, 0.29) is 23.8 Å². The van der Waals surface area contributed by atoms with Crippen molar-refractivity contribution >= 4 is 23.2 Å². The minimum Gasteiger partial charge on any atom is -0.356 e. The number of hydrogen-bond donors (Lipinski definition) is 2. The monoisotopic (exact) mass is 375 g/mol. The summed E-state index contributed by atoms with van der Waals surface area (Å²) in [4.78, 5) is 28.8. The molecule has 2 N–H and O–H groups in total. The molecule has 1 aromatic rings. The van der Waals surface area contributed by atoms with Gasteiger partial charge >= 0.3 is 0 Å². The lowest BCUT2D eigenvalue weighted by atomic mass is 9.78. The molecule has 5 nitrogen and oxygen atoms in total. The highest BCUT2D eigenvalue weighted by Gasteiger charge is 2.35. The van der Waals surface area contributed by atoms with Crippen molar-refractivity contribution in [2.24, 2.45) is 23.7 Å². The molecule has 1 atom stereocenters. The molecule has 1 unspecified atom stereocenters. The first-order valence-electron chi connectivity index (χ1n) is 10.2. The highest BCUT2D eigenvalue weighted by atomic mass is 32.1. The molecule has 26 heavy (non-hydrogen) atoms. The number of carbonyl (C=O) groups is 2. The van der Waals surface area contributed by atoms with Crippen LogP contribution in [-0.2, 0) is 9.59 Å². The van der Waals surface area contributed by atoms with Crippen molar-refractivity contribution in [3.05, 3.63) is 16.6 Å². The number of amides is 2. The number of thiazole rings is 1. The first kappa shape index (κ1) is 18.0. The van der Waals surface area contributed by atoms with Crippen LogP contribution in [0.5, 0.6) is 0 Å². The second-order valence-corrected chi connectivity index (χ2v) is 9.21. The predicted molar refractivity (Wildman–Crippen MR) is 102 cm³/mol. The number of hydrogen-bond acceptors (Lipinski definition) is 4. The quantitative estimate of drug-likeness (QED) is 0.767. The minimum atomic E-state index is 0.0603. The molecule has 0 spiro atoms. The Morgan fingerprint density at radius 1 is 1.04 bits per heavy atom. The maximum Gasteiger partial charge on any atom is 0.223 e. The average Bonchev–Trinajstić information content (AvgIpc) is 3.32. The van der Waals surface area contributed by atoms with E-state index < -0.39 is 0 Å². The molecule has 3 fully saturated rings. The largest absolute Gasteiger partial charge is 0.356 e. The van der Waals surface area contributed by atoms with E-state index in [4.69, 9.17) is 0 Å². The van der Waals surface area contributed by atoms with E-state index in [1.807, 2.05) is 11.6 Å². The molecule has 1 heterocycles. The summed E-state index contributed by atoms with van der Waals surface area (Å²) < 4.78 is 0. The Kier molecular flexibility index (Phi) is 5.57. The van der Waals surface area contributed by atoms with Crippen LogP contribution in [0.4, 0.5) is 0 Å². The minimum absolute atomic E-state index is 0.0603. The standard InChI is InChI=1S/C20H29N3O2S/c24-18(16-8-9-16)22-12-13-4-6-14(7-5-13)17(20-21-10-11-26-20)23-19(25)15-2-1-3-15/h10-11,13-17H,1-9,12H2,(H,22,24)(H,23,25). The maximum atomic E-state index is 12.5. The fourth-order valence-corrected chi connectivity index (χ4v) is 4.95. The second-order valence-electron chi connectivity index (χ2n) is 8.28. The number of carbonyl (C=O) groups excluding carboxylic acids is 2. The van der Waals surface area contributed by atoms with Crippen LogP contribution in [0.1, 0.15) is 68.8 Å². The van der Waals surface area contributed by atoms with Crippen molar-refractivity contribution in [2.75, 3.05) is 6.54 Å². The van der Waals surface area contributed by atoms with Crippen molar-refractivity contribution < 1.29 is 9.59 Å². The Bertz CT molecular complexity index is 617. The Morgan fingerprint density at radius 3 is 2.35 bits per heavy atom. The van der Waals surface area contributed by atoms with Crippen LogP contribution in [0, 0.1) is 23.7 Å². The van der Waals surface area contributed by atoms with Gasteiger partial charge in [-0.2, -0.15) is 0 Å². The van der Waals surface area contributed by atoms with Gasteiger partial charge in [0.25, 0.3) is 0 Å². The van der Waals surface area contributed by atoms with Crippen LogP contribution in [0.3, 0.4) is 0 Å². The van der Waals surface area contributed by atoms with Gasteiger partial charge < -0.3 is 10.6 Å². The first-order chi connectivity index (χ1) is 12.7. The van der Waals surface area contributed by atoms with Crippen LogP contribution < -0.4 is 10.6 Å². The van der Waals surface area contributed by atoms with E-state index in [2.05, 4.69) is 15.6 Å². The zero-order valence-corrected chi connectivity index (χ0v) is 16.1. The summed E-state index contributed by atoms with van der Waals surface area (Å²) in [5.41, 5.74) is 0. The summed E-state index contributed by atoms with van der Waals surface area (Å²) in [5, 5.41) is 9.49. The van der Waals surface area contributed by atoms with E-state index in [1.54, 1.807) is 11.3 Å². The van der Waals surface area contributed by atoms with Crippen LogP contribution >= 0.6 is 11.3 Å². The molecule has 0 radical (unpaired) electrons. The van der Waals surface area contributed by atoms with Crippen molar-refractivity contribution in [2.45, 2.75) is 63.8 Å². The first-order valence-corrected chi connectivity index (χ1v) is 11.1. The molecule has 3 aliphatic rings. The third kappa shape index (κ3) is 4.27. The van der Waals surface area contributed by atoms with Crippen molar-refractivity contribution in [1.29, 1.82) is 0 Å². The van der Waals surface area contributed by atoms with Gasteiger partial charge in [-0.15, -0.1) is 11.3 Å². The van der Waals surface area contributed by atoms with E-state index in [9.17, 15) is 9.59 Å². The molecule has 4 rings (SSSR count). The van der Waals surface area contributed by atoms with E-state index >= 15 is 0 Å². The molecule has 3 aliphatic carbocycles. The zero-order chi connectivity index (χ0) is 17.9. The Balaban J connectivity index is 1.30.